The first-order valence-electron chi connectivity index (χ1n) is 6.74. The Labute approximate surface area is 123 Å². The molecule has 1 aromatic carbocycles. The van der Waals surface area contributed by atoms with E-state index in [0.717, 1.165) is 17.1 Å². The Balaban J connectivity index is 1.93. The summed E-state index contributed by atoms with van der Waals surface area (Å²) in [4.78, 5) is 14.1. The van der Waals surface area contributed by atoms with Crippen molar-refractivity contribution in [3.8, 4) is 0 Å². The smallest absolute Gasteiger partial charge is 0.241 e. The standard InChI is InChI=1S/C15H20N4O2/c1-10-8-14(18-21-10)9-19(3)11(2)15(20)17-13-6-4-12(16)5-7-13/h4-8,11H,9,16H2,1-3H3,(H,17,20). The number of nitrogens with one attached hydrogen (secondary N) is 1. The van der Waals surface area contributed by atoms with E-state index in [2.05, 4.69) is 10.5 Å². The molecular weight excluding hydrogens is 268 g/mol. The van der Waals surface area contributed by atoms with Gasteiger partial charge >= 0.3 is 0 Å². The highest BCUT2D eigenvalue weighted by molar-refractivity contribution is 5.94. The topological polar surface area (TPSA) is 84.4 Å². The molecule has 0 saturated carbocycles. The maximum Gasteiger partial charge on any atom is 0.241 e. The van der Waals surface area contributed by atoms with Crippen LogP contribution in [0.5, 0.6) is 0 Å². The van der Waals surface area contributed by atoms with Crippen LogP contribution in [0.3, 0.4) is 0 Å². The molecule has 2 aromatic rings. The van der Waals surface area contributed by atoms with Crippen LogP contribution < -0.4 is 11.1 Å². The van der Waals surface area contributed by atoms with Gasteiger partial charge in [-0.25, -0.2) is 0 Å². The zero-order valence-electron chi connectivity index (χ0n) is 12.5. The summed E-state index contributed by atoms with van der Waals surface area (Å²) >= 11 is 0. The maximum absolute atomic E-state index is 12.2. The van der Waals surface area contributed by atoms with E-state index >= 15 is 0 Å². The Morgan fingerprint density at radius 1 is 1.43 bits per heavy atom. The van der Waals surface area contributed by atoms with Crippen molar-refractivity contribution in [2.45, 2.75) is 26.4 Å². The zero-order chi connectivity index (χ0) is 15.4. The first-order chi connectivity index (χ1) is 9.95. The molecule has 6 heteroatoms. The molecule has 1 aromatic heterocycles. The van der Waals surface area contributed by atoms with Gasteiger partial charge < -0.3 is 15.6 Å². The van der Waals surface area contributed by atoms with Crippen LogP contribution in [0.4, 0.5) is 11.4 Å². The van der Waals surface area contributed by atoms with Crippen molar-refractivity contribution in [2.24, 2.45) is 0 Å². The molecule has 0 spiro atoms. The van der Waals surface area contributed by atoms with Crippen LogP contribution in [-0.2, 0) is 11.3 Å². The van der Waals surface area contributed by atoms with E-state index in [-0.39, 0.29) is 11.9 Å². The van der Waals surface area contributed by atoms with E-state index in [4.69, 9.17) is 10.3 Å². The number of hydrogen-bond acceptors (Lipinski definition) is 5. The average Bonchev–Trinajstić information content (AvgIpc) is 2.85. The Hall–Kier alpha value is -2.34. The fraction of sp³-hybridized carbons (Fsp3) is 0.333. The number of benzene rings is 1. The van der Waals surface area contributed by atoms with Gasteiger partial charge in [-0.05, 0) is 45.2 Å². The summed E-state index contributed by atoms with van der Waals surface area (Å²) in [6, 6.07) is 8.63. The SMILES string of the molecule is Cc1cc(CN(C)C(C)C(=O)Nc2ccc(N)cc2)no1. The fourth-order valence-corrected chi connectivity index (χ4v) is 1.90. The third kappa shape index (κ3) is 4.06. The van der Waals surface area contributed by atoms with E-state index < -0.39 is 0 Å². The molecule has 1 amide bonds. The lowest BCUT2D eigenvalue weighted by atomic mass is 10.2. The summed E-state index contributed by atoms with van der Waals surface area (Å²) in [5, 5.41) is 6.79. The summed E-state index contributed by atoms with van der Waals surface area (Å²) in [5.74, 6) is 0.680. The number of likely N-dealkylation sites (N-methyl/N-ethyl adjacent to an activating group) is 1. The van der Waals surface area contributed by atoms with Gasteiger partial charge in [0.25, 0.3) is 0 Å². The number of aryl methyl sites for hydroxylation is 1. The molecular formula is C15H20N4O2. The highest BCUT2D eigenvalue weighted by atomic mass is 16.5. The molecule has 1 unspecified atom stereocenters. The van der Waals surface area contributed by atoms with E-state index in [1.165, 1.54) is 0 Å². The predicted molar refractivity (Wildman–Crippen MR) is 81.7 cm³/mol. The van der Waals surface area contributed by atoms with Gasteiger partial charge in [-0.3, -0.25) is 9.69 Å². The van der Waals surface area contributed by atoms with Gasteiger partial charge in [0, 0.05) is 24.0 Å². The summed E-state index contributed by atoms with van der Waals surface area (Å²) in [7, 11) is 1.87. The Morgan fingerprint density at radius 3 is 2.67 bits per heavy atom. The van der Waals surface area contributed by atoms with E-state index in [9.17, 15) is 4.79 Å². The van der Waals surface area contributed by atoms with Crippen molar-refractivity contribution in [3.63, 3.8) is 0 Å². The second-order valence-electron chi connectivity index (χ2n) is 5.13. The van der Waals surface area contributed by atoms with E-state index in [1.807, 2.05) is 31.9 Å². The number of hydrogen-bond donors (Lipinski definition) is 2. The van der Waals surface area contributed by atoms with Crippen molar-refractivity contribution in [1.82, 2.24) is 10.1 Å². The highest BCUT2D eigenvalue weighted by Gasteiger charge is 2.19. The number of anilines is 2. The van der Waals surface area contributed by atoms with Crippen LogP contribution in [0.15, 0.2) is 34.9 Å². The molecule has 0 radical (unpaired) electrons. The van der Waals surface area contributed by atoms with Crippen molar-refractivity contribution in [3.05, 3.63) is 41.8 Å². The van der Waals surface area contributed by atoms with Gasteiger partial charge in [0.1, 0.15) is 5.76 Å². The van der Waals surface area contributed by atoms with Crippen LogP contribution in [0, 0.1) is 6.92 Å². The molecule has 3 N–H and O–H groups in total. The van der Waals surface area contributed by atoms with Crippen LogP contribution in [0.1, 0.15) is 18.4 Å². The first kappa shape index (κ1) is 15.1. The molecule has 0 aliphatic carbocycles. The van der Waals surface area contributed by atoms with Gasteiger partial charge in [0.2, 0.25) is 5.91 Å². The van der Waals surface area contributed by atoms with Gasteiger partial charge in [-0.15, -0.1) is 0 Å². The molecule has 112 valence electrons. The lowest BCUT2D eigenvalue weighted by molar-refractivity contribution is -0.120. The Kier molecular flexibility index (Phi) is 4.59. The van der Waals surface area contributed by atoms with Crippen LogP contribution in [-0.4, -0.2) is 29.1 Å². The van der Waals surface area contributed by atoms with Gasteiger partial charge in [0.05, 0.1) is 11.7 Å². The summed E-state index contributed by atoms with van der Waals surface area (Å²) in [6.45, 7) is 4.24. The lowest BCUT2D eigenvalue weighted by Gasteiger charge is -2.22. The molecule has 0 bridgehead atoms. The van der Waals surface area contributed by atoms with E-state index in [0.29, 0.717) is 12.2 Å². The van der Waals surface area contributed by atoms with Crippen LogP contribution in [0.25, 0.3) is 0 Å². The fourth-order valence-electron chi connectivity index (χ4n) is 1.90. The second-order valence-corrected chi connectivity index (χ2v) is 5.13. The monoisotopic (exact) mass is 288 g/mol. The van der Waals surface area contributed by atoms with Crippen molar-refractivity contribution < 1.29 is 9.32 Å². The van der Waals surface area contributed by atoms with Crippen molar-refractivity contribution in [2.75, 3.05) is 18.1 Å². The molecule has 6 nitrogen and oxygen atoms in total. The number of carbonyl (C=O) groups is 1. The third-order valence-electron chi connectivity index (χ3n) is 3.31. The number of amides is 1. The average molecular weight is 288 g/mol. The molecule has 1 atom stereocenters. The van der Waals surface area contributed by atoms with E-state index in [1.54, 1.807) is 24.3 Å². The third-order valence-corrected chi connectivity index (χ3v) is 3.31. The molecule has 0 fully saturated rings. The number of nitrogen functional groups attached to an aromatic ring is 1. The molecule has 1 heterocycles. The molecule has 0 aliphatic rings. The quantitative estimate of drug-likeness (QED) is 0.822. The number of rotatable bonds is 5. The Morgan fingerprint density at radius 2 is 2.10 bits per heavy atom. The highest BCUT2D eigenvalue weighted by Crippen LogP contribution is 2.12. The molecule has 0 aliphatic heterocycles. The largest absolute Gasteiger partial charge is 0.399 e. The maximum atomic E-state index is 12.2. The number of nitrogens with two attached hydrogens (primary N) is 1. The van der Waals surface area contributed by atoms with Gasteiger partial charge in [-0.2, -0.15) is 0 Å². The minimum Gasteiger partial charge on any atom is -0.399 e. The number of aromatic nitrogens is 1. The molecule has 2 rings (SSSR count). The Bertz CT molecular complexity index is 606. The summed E-state index contributed by atoms with van der Waals surface area (Å²) in [5.41, 5.74) is 7.82. The molecule has 0 saturated heterocycles. The number of carbonyl (C=O) groups excluding carboxylic acids is 1. The number of nitrogens with zero attached hydrogens (tertiary/aromatic N) is 2. The zero-order valence-corrected chi connectivity index (χ0v) is 12.5. The first-order valence-corrected chi connectivity index (χ1v) is 6.74. The summed E-state index contributed by atoms with van der Waals surface area (Å²) < 4.78 is 5.02. The van der Waals surface area contributed by atoms with Gasteiger partial charge in [-0.1, -0.05) is 5.16 Å². The normalized spacial score (nSPS) is 12.4. The lowest BCUT2D eigenvalue weighted by Crippen LogP contribution is -2.39. The van der Waals surface area contributed by atoms with Crippen molar-refractivity contribution >= 4 is 17.3 Å². The van der Waals surface area contributed by atoms with Crippen LogP contribution in [0.2, 0.25) is 0 Å². The predicted octanol–water partition coefficient (Wildman–Crippen LogP) is 2.02. The molecule has 21 heavy (non-hydrogen) atoms. The van der Waals surface area contributed by atoms with Crippen LogP contribution >= 0.6 is 0 Å². The second kappa shape index (κ2) is 6.41. The summed E-state index contributed by atoms with van der Waals surface area (Å²) in [6.07, 6.45) is 0. The van der Waals surface area contributed by atoms with Gasteiger partial charge in [0.15, 0.2) is 0 Å². The van der Waals surface area contributed by atoms with Crippen molar-refractivity contribution in [1.29, 1.82) is 0 Å². The minimum atomic E-state index is -0.292. The minimum absolute atomic E-state index is 0.0810.